The van der Waals surface area contributed by atoms with E-state index in [4.69, 9.17) is 0 Å². The Balaban J connectivity index is 1.85. The molecule has 122 valence electrons. The zero-order valence-corrected chi connectivity index (χ0v) is 14.0. The number of fused-ring (bicyclic) bond motifs is 3. The van der Waals surface area contributed by atoms with Crippen molar-refractivity contribution in [3.63, 3.8) is 0 Å². The minimum Gasteiger partial charge on any atom is -0.373 e. The van der Waals surface area contributed by atoms with E-state index in [1.165, 1.54) is 54.5 Å². The van der Waals surface area contributed by atoms with Gasteiger partial charge in [0.25, 0.3) is 0 Å². The number of aromatic nitrogens is 1. The van der Waals surface area contributed by atoms with Crippen molar-refractivity contribution in [2.75, 3.05) is 13.1 Å². The van der Waals surface area contributed by atoms with Gasteiger partial charge >= 0.3 is 0 Å². The molecule has 3 nitrogen and oxygen atoms in total. The maximum Gasteiger partial charge on any atom is 0.131 e. The van der Waals surface area contributed by atoms with Crippen molar-refractivity contribution in [1.29, 1.82) is 0 Å². The first-order valence-corrected chi connectivity index (χ1v) is 9.29. The Morgan fingerprint density at radius 3 is 2.96 bits per heavy atom. The van der Waals surface area contributed by atoms with Crippen LogP contribution in [0.2, 0.25) is 0 Å². The van der Waals surface area contributed by atoms with Gasteiger partial charge in [0, 0.05) is 17.6 Å². The maximum absolute atomic E-state index is 11.0. The number of rotatable bonds is 1. The van der Waals surface area contributed by atoms with Crippen molar-refractivity contribution >= 4 is 10.9 Å². The van der Waals surface area contributed by atoms with Crippen LogP contribution in [0.1, 0.15) is 62.6 Å². The number of aliphatic hydroxyl groups is 1. The zero-order chi connectivity index (χ0) is 15.6. The molecule has 2 aromatic rings. The van der Waals surface area contributed by atoms with Gasteiger partial charge in [0.15, 0.2) is 0 Å². The predicted molar refractivity (Wildman–Crippen MR) is 92.4 cm³/mol. The van der Waals surface area contributed by atoms with E-state index in [9.17, 15) is 5.11 Å². The highest BCUT2D eigenvalue weighted by atomic mass is 16.3. The van der Waals surface area contributed by atoms with Crippen molar-refractivity contribution in [1.82, 2.24) is 9.47 Å². The molecule has 1 unspecified atom stereocenters. The van der Waals surface area contributed by atoms with E-state index in [0.29, 0.717) is 11.5 Å². The molecule has 3 atom stereocenters. The van der Waals surface area contributed by atoms with Gasteiger partial charge in [-0.3, -0.25) is 4.90 Å². The van der Waals surface area contributed by atoms with Crippen LogP contribution in [0.5, 0.6) is 0 Å². The lowest BCUT2D eigenvalue weighted by Gasteiger charge is -2.51. The summed E-state index contributed by atoms with van der Waals surface area (Å²) in [7, 11) is 0. The summed E-state index contributed by atoms with van der Waals surface area (Å²) in [6.45, 7) is 4.77. The lowest BCUT2D eigenvalue weighted by atomic mass is 9.66. The molecule has 1 aromatic heterocycles. The van der Waals surface area contributed by atoms with Gasteiger partial charge in [0.2, 0.25) is 0 Å². The van der Waals surface area contributed by atoms with Gasteiger partial charge < -0.3 is 9.67 Å². The number of piperidine rings is 1. The van der Waals surface area contributed by atoms with Gasteiger partial charge in [-0.05, 0) is 62.1 Å². The fraction of sp³-hybridized carbons (Fsp3) is 0.600. The van der Waals surface area contributed by atoms with Crippen LogP contribution in [-0.4, -0.2) is 27.7 Å². The molecule has 0 spiro atoms. The lowest BCUT2D eigenvalue weighted by molar-refractivity contribution is -0.00638. The first-order valence-electron chi connectivity index (χ1n) is 9.29. The molecule has 0 amide bonds. The SMILES string of the molecule is CC[C@]12CCCN3CCc4c(n(c5ccccc45)C(O)CC1)[C@@H]32. The monoisotopic (exact) mass is 310 g/mol. The summed E-state index contributed by atoms with van der Waals surface area (Å²) in [6, 6.07) is 9.22. The largest absolute Gasteiger partial charge is 0.373 e. The minimum atomic E-state index is -0.363. The quantitative estimate of drug-likeness (QED) is 0.862. The molecular formula is C20H26N2O. The second kappa shape index (κ2) is 4.84. The summed E-state index contributed by atoms with van der Waals surface area (Å²) < 4.78 is 2.30. The Morgan fingerprint density at radius 2 is 2.09 bits per heavy atom. The predicted octanol–water partition coefficient (Wildman–Crippen LogP) is 4.02. The first kappa shape index (κ1) is 14.1. The number of nitrogens with zero attached hydrogens (tertiary/aromatic N) is 2. The van der Waals surface area contributed by atoms with Crippen LogP contribution in [0.25, 0.3) is 10.9 Å². The average molecular weight is 310 g/mol. The van der Waals surface area contributed by atoms with Gasteiger partial charge in [-0.15, -0.1) is 0 Å². The molecule has 0 bridgehead atoms. The summed E-state index contributed by atoms with van der Waals surface area (Å²) in [5.41, 5.74) is 4.56. The van der Waals surface area contributed by atoms with Gasteiger partial charge in [0.05, 0.1) is 11.6 Å². The molecule has 1 saturated heterocycles. The van der Waals surface area contributed by atoms with Crippen LogP contribution in [-0.2, 0) is 6.42 Å². The smallest absolute Gasteiger partial charge is 0.131 e. The van der Waals surface area contributed by atoms with Crippen LogP contribution in [0.4, 0.5) is 0 Å². The molecule has 1 aromatic carbocycles. The van der Waals surface area contributed by atoms with E-state index < -0.39 is 0 Å². The van der Waals surface area contributed by atoms with Crippen LogP contribution < -0.4 is 0 Å². The Hall–Kier alpha value is -1.32. The van der Waals surface area contributed by atoms with Crippen LogP contribution in [0.3, 0.4) is 0 Å². The zero-order valence-electron chi connectivity index (χ0n) is 14.0. The Kier molecular flexibility index (Phi) is 2.96. The summed E-state index contributed by atoms with van der Waals surface area (Å²) in [5.74, 6) is 0. The van der Waals surface area contributed by atoms with Gasteiger partial charge in [-0.25, -0.2) is 0 Å². The molecule has 4 heterocycles. The van der Waals surface area contributed by atoms with Crippen LogP contribution >= 0.6 is 0 Å². The molecule has 1 N–H and O–H groups in total. The fourth-order valence-electron chi connectivity index (χ4n) is 5.83. The number of hydrogen-bond donors (Lipinski definition) is 1. The molecule has 1 fully saturated rings. The van der Waals surface area contributed by atoms with E-state index in [1.807, 2.05) is 0 Å². The summed E-state index contributed by atoms with van der Waals surface area (Å²) >= 11 is 0. The van der Waals surface area contributed by atoms with E-state index in [1.54, 1.807) is 0 Å². The summed E-state index contributed by atoms with van der Waals surface area (Å²) in [4.78, 5) is 2.72. The van der Waals surface area contributed by atoms with Gasteiger partial charge in [-0.2, -0.15) is 0 Å². The molecule has 0 aliphatic carbocycles. The van der Waals surface area contributed by atoms with Crippen molar-refractivity contribution in [3.05, 3.63) is 35.5 Å². The van der Waals surface area contributed by atoms with Crippen molar-refractivity contribution < 1.29 is 5.11 Å². The minimum absolute atomic E-state index is 0.358. The topological polar surface area (TPSA) is 28.4 Å². The second-order valence-corrected chi connectivity index (χ2v) is 7.78. The third-order valence-corrected chi connectivity index (χ3v) is 6.93. The third-order valence-electron chi connectivity index (χ3n) is 6.93. The second-order valence-electron chi connectivity index (χ2n) is 7.78. The van der Waals surface area contributed by atoms with E-state index in [2.05, 4.69) is 40.7 Å². The van der Waals surface area contributed by atoms with E-state index >= 15 is 0 Å². The van der Waals surface area contributed by atoms with E-state index in [-0.39, 0.29) is 6.23 Å². The highest BCUT2D eigenvalue weighted by Gasteiger charge is 2.50. The highest BCUT2D eigenvalue weighted by molar-refractivity contribution is 5.86. The maximum atomic E-state index is 11.0. The van der Waals surface area contributed by atoms with Crippen molar-refractivity contribution in [3.8, 4) is 0 Å². The summed E-state index contributed by atoms with van der Waals surface area (Å²) in [6.07, 6.45) is 6.67. The fourth-order valence-corrected chi connectivity index (χ4v) is 5.83. The molecule has 0 radical (unpaired) electrons. The number of benzene rings is 1. The molecule has 23 heavy (non-hydrogen) atoms. The number of hydrogen-bond acceptors (Lipinski definition) is 2. The average Bonchev–Trinajstić information content (AvgIpc) is 2.87. The highest BCUT2D eigenvalue weighted by Crippen LogP contribution is 2.57. The normalized spacial score (nSPS) is 33.5. The van der Waals surface area contributed by atoms with Crippen LogP contribution in [0.15, 0.2) is 24.3 Å². The van der Waals surface area contributed by atoms with Crippen molar-refractivity contribution in [2.45, 2.75) is 57.7 Å². The molecule has 3 heteroatoms. The molecule has 0 saturated carbocycles. The van der Waals surface area contributed by atoms with Gasteiger partial charge in [-0.1, -0.05) is 25.1 Å². The molecule has 3 aliphatic heterocycles. The van der Waals surface area contributed by atoms with Crippen LogP contribution in [0, 0.1) is 5.41 Å². The number of para-hydroxylation sites is 1. The number of aliphatic hydroxyl groups excluding tert-OH is 1. The molecule has 3 aliphatic rings. The molecule has 5 rings (SSSR count). The molecular weight excluding hydrogens is 284 g/mol. The Labute approximate surface area is 137 Å². The Morgan fingerprint density at radius 1 is 1.22 bits per heavy atom. The van der Waals surface area contributed by atoms with E-state index in [0.717, 1.165) is 19.3 Å². The van der Waals surface area contributed by atoms with Gasteiger partial charge in [0.1, 0.15) is 6.23 Å². The Bertz CT molecular complexity index is 764. The lowest BCUT2D eigenvalue weighted by Crippen LogP contribution is -2.49. The third kappa shape index (κ3) is 1.72. The van der Waals surface area contributed by atoms with Crippen molar-refractivity contribution in [2.24, 2.45) is 5.41 Å². The summed E-state index contributed by atoms with van der Waals surface area (Å²) in [5, 5.41) is 12.3. The standard InChI is InChI=1S/C20H26N2O/c1-2-20-10-5-12-21-13-9-15-14-6-3-4-7-16(14)22(17(23)8-11-20)18(15)19(20)21/h3-4,6-7,17,19,23H,2,5,8-13H2,1H3/t17?,19-,20+/m1/s1. The first-order chi connectivity index (χ1) is 11.2.